The van der Waals surface area contributed by atoms with Gasteiger partial charge < -0.3 is 10.2 Å². The molecule has 0 spiro atoms. The van der Waals surface area contributed by atoms with E-state index in [9.17, 15) is 0 Å². The molecule has 0 aliphatic carbocycles. The smallest absolute Gasteiger partial charge is 0.193 e. The fourth-order valence-electron chi connectivity index (χ4n) is 2.89. The number of aliphatic imine (C=N–C) groups is 1. The van der Waals surface area contributed by atoms with Gasteiger partial charge >= 0.3 is 0 Å². The lowest BCUT2D eigenvalue weighted by molar-refractivity contribution is 0.266. The van der Waals surface area contributed by atoms with Gasteiger partial charge in [-0.25, -0.2) is 0 Å². The van der Waals surface area contributed by atoms with Gasteiger partial charge in [-0.1, -0.05) is 6.92 Å². The van der Waals surface area contributed by atoms with Gasteiger partial charge in [0.05, 0.1) is 6.20 Å². The second-order valence-corrected chi connectivity index (χ2v) is 6.05. The van der Waals surface area contributed by atoms with E-state index in [0.717, 1.165) is 50.9 Å². The average Bonchev–Trinajstić information content (AvgIpc) is 2.88. The van der Waals surface area contributed by atoms with Crippen LogP contribution in [0.15, 0.2) is 11.2 Å². The summed E-state index contributed by atoms with van der Waals surface area (Å²) in [5.74, 6) is 1.86. The molecule has 1 aliphatic heterocycles. The van der Waals surface area contributed by atoms with Crippen molar-refractivity contribution in [2.75, 3.05) is 26.2 Å². The Morgan fingerprint density at radius 2 is 2.36 bits per heavy atom. The Morgan fingerprint density at radius 1 is 1.55 bits per heavy atom. The first kappa shape index (κ1) is 19.3. The zero-order chi connectivity index (χ0) is 15.1. The van der Waals surface area contributed by atoms with E-state index < -0.39 is 0 Å². The van der Waals surface area contributed by atoms with Gasteiger partial charge in [0, 0.05) is 31.9 Å². The largest absolute Gasteiger partial charge is 0.357 e. The average molecular weight is 419 g/mol. The molecule has 0 amide bonds. The number of nitrogens with zero attached hydrogens (tertiary/aromatic N) is 3. The van der Waals surface area contributed by atoms with Crippen LogP contribution in [0.5, 0.6) is 0 Å². The van der Waals surface area contributed by atoms with E-state index in [1.54, 1.807) is 0 Å². The molecule has 1 fully saturated rings. The second kappa shape index (κ2) is 10.1. The molecule has 2 heterocycles. The molecule has 1 aliphatic rings. The number of hydrogen-bond acceptors (Lipinski definition) is 2. The summed E-state index contributed by atoms with van der Waals surface area (Å²) in [6.07, 6.45) is 6.66. The highest BCUT2D eigenvalue weighted by atomic mass is 127. The summed E-state index contributed by atoms with van der Waals surface area (Å²) in [7, 11) is 0. The Balaban J connectivity index is 0.00000242. The number of likely N-dealkylation sites (tertiary alicyclic amines) is 1. The Labute approximate surface area is 151 Å². The molecule has 6 heteroatoms. The number of H-pyrrole nitrogens is 1. The van der Waals surface area contributed by atoms with Crippen LogP contribution in [0.1, 0.15) is 44.4 Å². The fourth-order valence-corrected chi connectivity index (χ4v) is 2.89. The van der Waals surface area contributed by atoms with Crippen LogP contribution in [0.2, 0.25) is 0 Å². The van der Waals surface area contributed by atoms with Crippen LogP contribution in [-0.4, -0.2) is 47.2 Å². The molecule has 22 heavy (non-hydrogen) atoms. The number of aryl methyl sites for hydroxylation is 2. The fraction of sp³-hybridized carbons (Fsp3) is 0.750. The number of piperidine rings is 1. The van der Waals surface area contributed by atoms with E-state index in [0.29, 0.717) is 0 Å². The number of hydrogen-bond donors (Lipinski definition) is 2. The summed E-state index contributed by atoms with van der Waals surface area (Å²) in [6.45, 7) is 10.6. The van der Waals surface area contributed by atoms with Crippen molar-refractivity contribution in [3.63, 3.8) is 0 Å². The molecule has 5 nitrogen and oxygen atoms in total. The Hall–Kier alpha value is -0.790. The quantitative estimate of drug-likeness (QED) is 0.334. The summed E-state index contributed by atoms with van der Waals surface area (Å²) < 4.78 is 0. The van der Waals surface area contributed by atoms with Gasteiger partial charge in [0.25, 0.3) is 0 Å². The number of halogens is 1. The summed E-state index contributed by atoms with van der Waals surface area (Å²) in [6, 6.07) is 0. The lowest BCUT2D eigenvalue weighted by Gasteiger charge is -2.33. The predicted molar refractivity (Wildman–Crippen MR) is 103 cm³/mol. The molecule has 1 aromatic rings. The number of aromatic nitrogens is 2. The first-order valence-corrected chi connectivity index (χ1v) is 8.22. The van der Waals surface area contributed by atoms with Gasteiger partial charge in [-0.3, -0.25) is 10.1 Å². The van der Waals surface area contributed by atoms with Crippen LogP contribution >= 0.6 is 24.0 Å². The van der Waals surface area contributed by atoms with Crippen molar-refractivity contribution in [3.8, 4) is 0 Å². The second-order valence-electron chi connectivity index (χ2n) is 6.05. The minimum Gasteiger partial charge on any atom is -0.357 e. The van der Waals surface area contributed by atoms with Crippen molar-refractivity contribution in [1.82, 2.24) is 20.4 Å². The van der Waals surface area contributed by atoms with Crippen molar-refractivity contribution in [3.05, 3.63) is 17.5 Å². The SMILES string of the molecule is CCNC(=NCCCc1cn[nH]c1C)N1CCCC(C)C1.I. The molecule has 1 atom stereocenters. The summed E-state index contributed by atoms with van der Waals surface area (Å²) in [5.41, 5.74) is 2.48. The molecule has 1 aromatic heterocycles. The molecular formula is C16H30IN5. The number of rotatable bonds is 5. The van der Waals surface area contributed by atoms with Crippen LogP contribution in [0.3, 0.4) is 0 Å². The monoisotopic (exact) mass is 419 g/mol. The molecule has 1 unspecified atom stereocenters. The van der Waals surface area contributed by atoms with Gasteiger partial charge in [-0.2, -0.15) is 5.10 Å². The van der Waals surface area contributed by atoms with Crippen LogP contribution in [0.25, 0.3) is 0 Å². The molecule has 2 rings (SSSR count). The molecular weight excluding hydrogens is 389 g/mol. The summed E-state index contributed by atoms with van der Waals surface area (Å²) in [4.78, 5) is 7.22. The van der Waals surface area contributed by atoms with Crippen LogP contribution in [0.4, 0.5) is 0 Å². The van der Waals surface area contributed by atoms with Crippen LogP contribution in [0, 0.1) is 12.8 Å². The predicted octanol–water partition coefficient (Wildman–Crippen LogP) is 2.97. The summed E-state index contributed by atoms with van der Waals surface area (Å²) >= 11 is 0. The molecule has 126 valence electrons. The third kappa shape index (κ3) is 5.78. The third-order valence-corrected chi connectivity index (χ3v) is 4.09. The van der Waals surface area contributed by atoms with Crippen molar-refractivity contribution >= 4 is 29.9 Å². The lowest BCUT2D eigenvalue weighted by Crippen LogP contribution is -2.46. The van der Waals surface area contributed by atoms with Crippen LogP contribution in [-0.2, 0) is 6.42 Å². The van der Waals surface area contributed by atoms with Gasteiger partial charge in [-0.05, 0) is 51.0 Å². The lowest BCUT2D eigenvalue weighted by atomic mass is 10.0. The highest BCUT2D eigenvalue weighted by Crippen LogP contribution is 2.15. The Kier molecular flexibility index (Phi) is 8.82. The Morgan fingerprint density at radius 3 is 3.00 bits per heavy atom. The Bertz CT molecular complexity index is 457. The van der Waals surface area contributed by atoms with Crippen LogP contribution < -0.4 is 5.32 Å². The van der Waals surface area contributed by atoms with Gasteiger partial charge in [-0.15, -0.1) is 24.0 Å². The highest BCUT2D eigenvalue weighted by molar-refractivity contribution is 14.0. The molecule has 1 saturated heterocycles. The van der Waals surface area contributed by atoms with Gasteiger partial charge in [0.1, 0.15) is 0 Å². The maximum Gasteiger partial charge on any atom is 0.193 e. The normalized spacial score (nSPS) is 19.0. The zero-order valence-corrected chi connectivity index (χ0v) is 16.4. The first-order valence-electron chi connectivity index (χ1n) is 8.22. The number of guanidine groups is 1. The molecule has 0 radical (unpaired) electrons. The molecule has 0 saturated carbocycles. The minimum atomic E-state index is 0. The van der Waals surface area contributed by atoms with E-state index in [1.807, 2.05) is 6.20 Å². The van der Waals surface area contributed by atoms with E-state index in [2.05, 4.69) is 41.2 Å². The molecule has 0 aromatic carbocycles. The van der Waals surface area contributed by atoms with Crippen molar-refractivity contribution in [2.24, 2.45) is 10.9 Å². The van der Waals surface area contributed by atoms with Gasteiger partial charge in [0.15, 0.2) is 5.96 Å². The van der Waals surface area contributed by atoms with E-state index in [-0.39, 0.29) is 24.0 Å². The number of nitrogens with one attached hydrogen (secondary N) is 2. The topological polar surface area (TPSA) is 56.3 Å². The van der Waals surface area contributed by atoms with E-state index in [4.69, 9.17) is 4.99 Å². The highest BCUT2D eigenvalue weighted by Gasteiger charge is 2.18. The number of aromatic amines is 1. The van der Waals surface area contributed by atoms with Crippen molar-refractivity contribution < 1.29 is 0 Å². The standard InChI is InChI=1S/C16H29N5.HI/c1-4-17-16(21-10-6-7-13(2)12-21)18-9-5-8-15-11-19-20-14(15)3;/h11,13H,4-10,12H2,1-3H3,(H,17,18)(H,19,20);1H. The maximum absolute atomic E-state index is 4.80. The minimum absolute atomic E-state index is 0. The summed E-state index contributed by atoms with van der Waals surface area (Å²) in [5, 5.41) is 10.5. The zero-order valence-electron chi connectivity index (χ0n) is 14.1. The van der Waals surface area contributed by atoms with Gasteiger partial charge in [0.2, 0.25) is 0 Å². The van der Waals surface area contributed by atoms with E-state index in [1.165, 1.54) is 24.1 Å². The van der Waals surface area contributed by atoms with Crippen molar-refractivity contribution in [1.29, 1.82) is 0 Å². The van der Waals surface area contributed by atoms with E-state index >= 15 is 0 Å². The molecule has 2 N–H and O–H groups in total. The maximum atomic E-state index is 4.80. The van der Waals surface area contributed by atoms with Crippen molar-refractivity contribution in [2.45, 2.75) is 46.5 Å². The molecule has 0 bridgehead atoms. The third-order valence-electron chi connectivity index (χ3n) is 4.09. The first-order chi connectivity index (χ1) is 10.2.